The van der Waals surface area contributed by atoms with E-state index >= 15 is 0 Å². The lowest BCUT2D eigenvalue weighted by Gasteiger charge is -2.60. The van der Waals surface area contributed by atoms with Gasteiger partial charge in [0.2, 0.25) is 23.6 Å². The van der Waals surface area contributed by atoms with Gasteiger partial charge < -0.3 is 20.9 Å². The number of likely N-dealkylation sites (tertiary alicyclic amines) is 2. The van der Waals surface area contributed by atoms with E-state index in [0.29, 0.717) is 12.8 Å². The Labute approximate surface area is 232 Å². The van der Waals surface area contributed by atoms with E-state index in [1.807, 2.05) is 39.8 Å². The summed E-state index contributed by atoms with van der Waals surface area (Å²) in [5.41, 5.74) is 11.7. The Balaban J connectivity index is 1.26. The zero-order valence-electron chi connectivity index (χ0n) is 23.2. The predicted molar refractivity (Wildman–Crippen MR) is 138 cm³/mol. The van der Waals surface area contributed by atoms with Crippen molar-refractivity contribution >= 4 is 35.6 Å². The van der Waals surface area contributed by atoms with Gasteiger partial charge in [-0.1, -0.05) is 39.8 Å². The van der Waals surface area contributed by atoms with Crippen LogP contribution in [0.3, 0.4) is 0 Å². The number of esters is 2. The molecule has 4 amide bonds. The average Bonchev–Trinajstić information content (AvgIpc) is 3.23. The molecule has 0 aromatic carbocycles. The number of nitrogens with two attached hydrogens (primary N) is 2. The van der Waals surface area contributed by atoms with E-state index in [-0.39, 0.29) is 23.7 Å². The van der Waals surface area contributed by atoms with Crippen LogP contribution in [0.4, 0.5) is 0 Å². The minimum Gasteiger partial charge on any atom is -0.443 e. The van der Waals surface area contributed by atoms with Crippen LogP contribution in [-0.2, 0) is 38.2 Å². The summed E-state index contributed by atoms with van der Waals surface area (Å²) in [6.07, 6.45) is 4.59. The molecule has 2 saturated heterocycles. The van der Waals surface area contributed by atoms with Crippen molar-refractivity contribution in [1.82, 2.24) is 9.80 Å². The molecule has 10 atom stereocenters. The fourth-order valence-corrected chi connectivity index (χ4v) is 7.66. The molecule has 2 bridgehead atoms. The van der Waals surface area contributed by atoms with Gasteiger partial charge in [0.1, 0.15) is 12.1 Å². The Morgan fingerprint density at radius 2 is 1.00 bits per heavy atom. The largest absolute Gasteiger partial charge is 0.443 e. The number of allylic oxidation sites excluding steroid dienone is 2. The molecule has 4 N–H and O–H groups in total. The van der Waals surface area contributed by atoms with E-state index in [0.717, 1.165) is 9.80 Å². The zero-order chi connectivity index (χ0) is 29.2. The summed E-state index contributed by atoms with van der Waals surface area (Å²) in [5, 5.41) is 0. The summed E-state index contributed by atoms with van der Waals surface area (Å²) in [4.78, 5) is 80.0. The molecule has 4 fully saturated rings. The minimum absolute atomic E-state index is 0.174. The number of nitrogens with zero attached hydrogens (tertiary/aromatic N) is 2. The van der Waals surface area contributed by atoms with Gasteiger partial charge in [0.15, 0.2) is 13.5 Å². The highest BCUT2D eigenvalue weighted by Gasteiger charge is 2.75. The average molecular weight is 559 g/mol. The molecule has 0 spiro atoms. The van der Waals surface area contributed by atoms with Crippen LogP contribution in [0.1, 0.15) is 40.5 Å². The fraction of sp³-hybridized carbons (Fsp3) is 0.714. The highest BCUT2D eigenvalue weighted by molar-refractivity contribution is 6.09. The first kappa shape index (κ1) is 28.4. The maximum absolute atomic E-state index is 13.4. The van der Waals surface area contributed by atoms with Gasteiger partial charge in [0.25, 0.3) is 0 Å². The smallest absolute Gasteiger partial charge is 0.324 e. The minimum atomic E-state index is -0.853. The number of rotatable bonds is 10. The third-order valence-corrected chi connectivity index (χ3v) is 9.25. The summed E-state index contributed by atoms with van der Waals surface area (Å²) in [7, 11) is 0. The van der Waals surface area contributed by atoms with Crippen molar-refractivity contribution in [2.24, 2.45) is 70.6 Å². The van der Waals surface area contributed by atoms with Crippen molar-refractivity contribution in [2.75, 3.05) is 13.5 Å². The summed E-state index contributed by atoms with van der Waals surface area (Å²) in [6.45, 7) is 6.67. The van der Waals surface area contributed by atoms with Gasteiger partial charge in [-0.25, -0.2) is 9.80 Å². The molecular formula is C28H38N4O8. The standard InChI is InChI=1S/C28H38N4O8/c1-11(2)7-15(29)27(37)39-9-31-23(33)19-13-5-6-14(20(19)24(31)34)18-17(13)21-22(18)26(36)32(25(21)35)10-40-28(38)16(30)8-12(3)4/h5-6,11-22H,7-10,29-30H2,1-4H3/t13-,14-,15+,16-,17-,18-,19-,20+,21-,22-/m1/s1. The van der Waals surface area contributed by atoms with Crippen molar-refractivity contribution in [3.8, 4) is 0 Å². The Hall–Kier alpha value is -3.12. The lowest BCUT2D eigenvalue weighted by molar-refractivity contribution is -0.166. The molecule has 6 aliphatic rings. The Morgan fingerprint density at radius 3 is 1.32 bits per heavy atom. The molecule has 0 unspecified atom stereocenters. The number of imide groups is 2. The van der Waals surface area contributed by atoms with Crippen LogP contribution in [0.2, 0.25) is 0 Å². The maximum atomic E-state index is 13.4. The molecule has 12 heteroatoms. The number of hydrogen-bond donors (Lipinski definition) is 2. The number of amides is 4. The van der Waals surface area contributed by atoms with E-state index in [1.54, 1.807) is 0 Å². The number of ether oxygens (including phenoxy) is 2. The lowest BCUT2D eigenvalue weighted by Crippen LogP contribution is -2.63. The summed E-state index contributed by atoms with van der Waals surface area (Å²) < 4.78 is 10.5. The SMILES string of the molecule is CC(C)C[C@@H](N)C(=O)OCN1C(=O)[C@H]2[C@H](C1=O)[C@@H]1[C@H]3C=C[C@@H]([C@H]4C(=O)N(COC(=O)[C@@H](N)CC(C)C)C(=O)[C@@H]34)[C@@H]21. The first-order valence-electron chi connectivity index (χ1n) is 14.1. The van der Waals surface area contributed by atoms with E-state index in [4.69, 9.17) is 20.9 Å². The van der Waals surface area contributed by atoms with Crippen LogP contribution in [0.15, 0.2) is 12.2 Å². The van der Waals surface area contributed by atoms with Crippen molar-refractivity contribution in [3.63, 3.8) is 0 Å². The summed E-state index contributed by atoms with van der Waals surface area (Å²) >= 11 is 0. The number of carbonyl (C=O) groups is 6. The van der Waals surface area contributed by atoms with Crippen molar-refractivity contribution in [1.29, 1.82) is 0 Å². The van der Waals surface area contributed by atoms with Crippen LogP contribution in [-0.4, -0.2) is 70.9 Å². The van der Waals surface area contributed by atoms with Gasteiger partial charge in [-0.3, -0.25) is 28.8 Å². The second-order valence-corrected chi connectivity index (χ2v) is 12.7. The quantitative estimate of drug-likeness (QED) is 0.210. The van der Waals surface area contributed by atoms with E-state index < -0.39 is 96.6 Å². The topological polar surface area (TPSA) is 179 Å². The first-order valence-corrected chi connectivity index (χ1v) is 14.1. The normalized spacial score (nSPS) is 35.1. The molecule has 6 rings (SSSR count). The molecule has 12 nitrogen and oxygen atoms in total. The molecular weight excluding hydrogens is 520 g/mol. The Kier molecular flexibility index (Phi) is 7.37. The highest BCUT2D eigenvalue weighted by Crippen LogP contribution is 2.68. The van der Waals surface area contributed by atoms with E-state index in [9.17, 15) is 28.8 Å². The van der Waals surface area contributed by atoms with Crippen molar-refractivity contribution < 1.29 is 38.2 Å². The van der Waals surface area contributed by atoms with Crippen LogP contribution < -0.4 is 11.5 Å². The Bertz CT molecular complexity index is 1110. The van der Waals surface area contributed by atoms with Crippen LogP contribution in [0.5, 0.6) is 0 Å². The van der Waals surface area contributed by atoms with Gasteiger partial charge in [0, 0.05) is 0 Å². The van der Waals surface area contributed by atoms with Gasteiger partial charge in [-0.15, -0.1) is 0 Å². The van der Waals surface area contributed by atoms with Crippen molar-refractivity contribution in [3.05, 3.63) is 12.2 Å². The van der Waals surface area contributed by atoms with E-state index in [1.165, 1.54) is 0 Å². The molecule has 2 aliphatic heterocycles. The predicted octanol–water partition coefficient (Wildman–Crippen LogP) is -0.00120. The van der Waals surface area contributed by atoms with Crippen LogP contribution >= 0.6 is 0 Å². The molecule has 0 aromatic rings. The zero-order valence-corrected chi connectivity index (χ0v) is 23.2. The third kappa shape index (κ3) is 4.36. The Morgan fingerprint density at radius 1 is 0.675 bits per heavy atom. The molecule has 0 radical (unpaired) electrons. The van der Waals surface area contributed by atoms with E-state index in [2.05, 4.69) is 0 Å². The van der Waals surface area contributed by atoms with Gasteiger partial charge >= 0.3 is 11.9 Å². The molecule has 4 aliphatic carbocycles. The number of carbonyl (C=O) groups excluding carboxylic acids is 6. The van der Waals surface area contributed by atoms with Crippen LogP contribution in [0.25, 0.3) is 0 Å². The van der Waals surface area contributed by atoms with Gasteiger partial charge in [-0.2, -0.15) is 0 Å². The molecule has 218 valence electrons. The molecule has 2 saturated carbocycles. The monoisotopic (exact) mass is 558 g/mol. The van der Waals surface area contributed by atoms with Gasteiger partial charge in [0.05, 0.1) is 23.7 Å². The summed E-state index contributed by atoms with van der Waals surface area (Å²) in [5.74, 6) is -6.75. The van der Waals surface area contributed by atoms with Crippen LogP contribution in [0, 0.1) is 59.2 Å². The highest BCUT2D eigenvalue weighted by atomic mass is 16.6. The number of hydrogen-bond acceptors (Lipinski definition) is 10. The maximum Gasteiger partial charge on any atom is 0.324 e. The molecule has 40 heavy (non-hydrogen) atoms. The molecule has 0 aromatic heterocycles. The molecule has 2 heterocycles. The first-order chi connectivity index (χ1) is 18.8. The van der Waals surface area contributed by atoms with Crippen molar-refractivity contribution in [2.45, 2.75) is 52.6 Å². The van der Waals surface area contributed by atoms with Gasteiger partial charge in [-0.05, 0) is 48.3 Å². The lowest BCUT2D eigenvalue weighted by atomic mass is 9.40. The second-order valence-electron chi connectivity index (χ2n) is 12.7. The number of fused-ring (bicyclic) bond motifs is 1. The second kappa shape index (κ2) is 10.4. The third-order valence-electron chi connectivity index (χ3n) is 9.25. The fourth-order valence-electron chi connectivity index (χ4n) is 7.66. The summed E-state index contributed by atoms with van der Waals surface area (Å²) in [6, 6.07) is -1.70.